The number of halogens is 3. The zero-order valence-corrected chi connectivity index (χ0v) is 18.0. The molecule has 2 aromatic rings. The van der Waals surface area contributed by atoms with E-state index < -0.39 is 17.8 Å². The van der Waals surface area contributed by atoms with E-state index >= 15 is 0 Å². The summed E-state index contributed by atoms with van der Waals surface area (Å²) < 4.78 is 39.3. The number of benzene rings is 1. The number of carbonyl (C=O) groups excluding carboxylic acids is 1. The van der Waals surface area contributed by atoms with Gasteiger partial charge in [0.2, 0.25) is 0 Å². The van der Waals surface area contributed by atoms with Gasteiger partial charge in [-0.05, 0) is 49.9 Å². The van der Waals surface area contributed by atoms with Crippen LogP contribution in [-0.2, 0) is 12.7 Å². The van der Waals surface area contributed by atoms with Crippen molar-refractivity contribution < 1.29 is 18.0 Å². The Balaban J connectivity index is 1.20. The Morgan fingerprint density at radius 1 is 1.06 bits per heavy atom. The normalized spacial score (nSPS) is 24.2. The van der Waals surface area contributed by atoms with Crippen LogP contribution in [0.3, 0.4) is 0 Å². The summed E-state index contributed by atoms with van der Waals surface area (Å²) in [5.74, 6) is 0. The average molecular weight is 448 g/mol. The zero-order valence-electron chi connectivity index (χ0n) is 18.0. The van der Waals surface area contributed by atoms with Gasteiger partial charge in [-0.2, -0.15) is 23.0 Å². The van der Waals surface area contributed by atoms with Gasteiger partial charge in [-0.25, -0.2) is 4.79 Å². The maximum Gasteiger partial charge on any atom is 0.419 e. The maximum absolute atomic E-state index is 12.8. The second-order valence-corrected chi connectivity index (χ2v) is 9.45. The van der Waals surface area contributed by atoms with Gasteiger partial charge >= 0.3 is 12.2 Å². The highest BCUT2D eigenvalue weighted by Gasteiger charge is 2.45. The van der Waals surface area contributed by atoms with Crippen molar-refractivity contribution >= 4 is 11.7 Å². The fraction of sp³-hybridized carbons (Fsp3) is 0.565. The molecule has 1 atom stereocenters. The fourth-order valence-electron chi connectivity index (χ4n) is 5.40. The van der Waals surface area contributed by atoms with Crippen LogP contribution >= 0.6 is 0 Å². The monoisotopic (exact) mass is 447 g/mol. The maximum atomic E-state index is 12.8. The summed E-state index contributed by atoms with van der Waals surface area (Å²) in [7, 11) is 0. The van der Waals surface area contributed by atoms with E-state index in [-0.39, 0.29) is 5.41 Å². The van der Waals surface area contributed by atoms with E-state index in [4.69, 9.17) is 0 Å². The molecule has 1 aromatic heterocycles. The van der Waals surface area contributed by atoms with Gasteiger partial charge in [-0.3, -0.25) is 4.90 Å². The van der Waals surface area contributed by atoms with Gasteiger partial charge < -0.3 is 9.80 Å². The molecule has 0 N–H and O–H groups in total. The highest BCUT2D eigenvalue weighted by atomic mass is 19.4. The molecule has 0 saturated carbocycles. The number of likely N-dealkylation sites (tertiary alicyclic amines) is 2. The van der Waals surface area contributed by atoms with Crippen molar-refractivity contribution in [3.63, 3.8) is 0 Å². The summed E-state index contributed by atoms with van der Waals surface area (Å²) in [6.45, 7) is 6.12. The number of amides is 1. The molecule has 3 saturated heterocycles. The molecule has 6 nitrogen and oxygen atoms in total. The van der Waals surface area contributed by atoms with Crippen molar-refractivity contribution in [2.75, 3.05) is 44.2 Å². The van der Waals surface area contributed by atoms with Crippen LogP contribution in [0.5, 0.6) is 0 Å². The van der Waals surface area contributed by atoms with E-state index in [2.05, 4.69) is 39.2 Å². The number of hydrogen-bond acceptors (Lipinski definition) is 4. The summed E-state index contributed by atoms with van der Waals surface area (Å²) in [6, 6.07) is 8.29. The van der Waals surface area contributed by atoms with Crippen LogP contribution in [0, 0.1) is 5.41 Å². The largest absolute Gasteiger partial charge is 0.419 e. The van der Waals surface area contributed by atoms with Crippen LogP contribution in [0.1, 0.15) is 36.8 Å². The van der Waals surface area contributed by atoms with Crippen molar-refractivity contribution in [1.82, 2.24) is 19.6 Å². The van der Waals surface area contributed by atoms with Crippen LogP contribution < -0.4 is 4.90 Å². The van der Waals surface area contributed by atoms with Crippen LogP contribution in [0.4, 0.5) is 23.7 Å². The Morgan fingerprint density at radius 3 is 2.59 bits per heavy atom. The average Bonchev–Trinajstić information content (AvgIpc) is 3.56. The molecule has 1 spiro atoms. The number of aromatic nitrogens is 2. The molecule has 172 valence electrons. The molecule has 0 aliphatic carbocycles. The minimum Gasteiger partial charge on any atom is -0.372 e. The molecule has 1 aromatic carbocycles. The minimum absolute atomic E-state index is 0.0161. The Hall–Kier alpha value is -2.55. The predicted octanol–water partition coefficient (Wildman–Crippen LogP) is 4.07. The zero-order chi connectivity index (χ0) is 22.3. The molecule has 0 radical (unpaired) electrons. The molecular weight excluding hydrogens is 419 g/mol. The van der Waals surface area contributed by atoms with Crippen LogP contribution in [0.15, 0.2) is 36.7 Å². The molecule has 1 amide bonds. The number of rotatable bonds is 3. The summed E-state index contributed by atoms with van der Waals surface area (Å²) in [5.41, 5.74) is 1.71. The van der Waals surface area contributed by atoms with Gasteiger partial charge in [-0.15, -0.1) is 0 Å². The lowest BCUT2D eigenvalue weighted by Crippen LogP contribution is -2.36. The molecule has 32 heavy (non-hydrogen) atoms. The number of hydrogen-bond donors (Lipinski definition) is 0. The third-order valence-corrected chi connectivity index (χ3v) is 7.12. The SMILES string of the molecule is O=C(N1CCC2(CCN(Cc3cccc(N4CCCC4)c3)C2)C1)n1cc(C(F)(F)F)cn1. The van der Waals surface area contributed by atoms with Crippen molar-refractivity contribution in [3.05, 3.63) is 47.8 Å². The Morgan fingerprint density at radius 2 is 1.84 bits per heavy atom. The summed E-state index contributed by atoms with van der Waals surface area (Å²) in [5, 5.41) is 3.64. The van der Waals surface area contributed by atoms with Gasteiger partial charge in [0.05, 0.1) is 11.8 Å². The second kappa shape index (κ2) is 8.10. The topological polar surface area (TPSA) is 44.6 Å². The highest BCUT2D eigenvalue weighted by Crippen LogP contribution is 2.40. The minimum atomic E-state index is -4.50. The number of anilines is 1. The van der Waals surface area contributed by atoms with Gasteiger partial charge in [0.25, 0.3) is 0 Å². The van der Waals surface area contributed by atoms with E-state index in [0.717, 1.165) is 56.4 Å². The summed E-state index contributed by atoms with van der Waals surface area (Å²) >= 11 is 0. The molecule has 3 aliphatic rings. The van der Waals surface area contributed by atoms with E-state index in [0.29, 0.717) is 19.3 Å². The molecular formula is C23H28F3N5O. The molecule has 3 aliphatic heterocycles. The third kappa shape index (κ3) is 4.22. The summed E-state index contributed by atoms with van der Waals surface area (Å²) in [6.07, 6.45) is 1.36. The first kappa shape index (κ1) is 21.3. The first-order chi connectivity index (χ1) is 15.3. The molecule has 9 heteroatoms. The lowest BCUT2D eigenvalue weighted by atomic mass is 9.86. The number of nitrogens with zero attached hydrogens (tertiary/aromatic N) is 5. The van der Waals surface area contributed by atoms with Gasteiger partial charge in [0.15, 0.2) is 0 Å². The Kier molecular flexibility index (Phi) is 5.39. The molecule has 1 unspecified atom stereocenters. The third-order valence-electron chi connectivity index (χ3n) is 7.12. The van der Waals surface area contributed by atoms with Gasteiger partial charge in [0, 0.05) is 56.6 Å². The molecule has 4 heterocycles. The first-order valence-corrected chi connectivity index (χ1v) is 11.3. The van der Waals surface area contributed by atoms with E-state index in [1.54, 1.807) is 4.90 Å². The van der Waals surface area contributed by atoms with E-state index in [9.17, 15) is 18.0 Å². The molecule has 5 rings (SSSR count). The molecule has 3 fully saturated rings. The first-order valence-electron chi connectivity index (χ1n) is 11.3. The van der Waals surface area contributed by atoms with Crippen molar-refractivity contribution in [1.29, 1.82) is 0 Å². The van der Waals surface area contributed by atoms with Crippen LogP contribution in [0.25, 0.3) is 0 Å². The van der Waals surface area contributed by atoms with E-state index in [1.165, 1.54) is 24.1 Å². The lowest BCUT2D eigenvalue weighted by Gasteiger charge is -2.25. The second-order valence-electron chi connectivity index (χ2n) is 9.45. The van der Waals surface area contributed by atoms with E-state index in [1.807, 2.05) is 0 Å². The fourth-order valence-corrected chi connectivity index (χ4v) is 5.40. The highest BCUT2D eigenvalue weighted by molar-refractivity contribution is 5.76. The van der Waals surface area contributed by atoms with Crippen LogP contribution in [0.2, 0.25) is 0 Å². The number of carbonyl (C=O) groups is 1. The quantitative estimate of drug-likeness (QED) is 0.712. The smallest absolute Gasteiger partial charge is 0.372 e. The molecule has 0 bridgehead atoms. The predicted molar refractivity (Wildman–Crippen MR) is 114 cm³/mol. The van der Waals surface area contributed by atoms with Crippen molar-refractivity contribution in [2.45, 2.75) is 38.4 Å². The van der Waals surface area contributed by atoms with Crippen molar-refractivity contribution in [2.24, 2.45) is 5.41 Å². The van der Waals surface area contributed by atoms with Gasteiger partial charge in [0.1, 0.15) is 0 Å². The van der Waals surface area contributed by atoms with Gasteiger partial charge in [-0.1, -0.05) is 12.1 Å². The standard InChI is InChI=1S/C23H28F3N5O/c24-23(25,26)19-13-27-31(15-19)21(32)30-11-7-22(17-30)6-10-28(16-22)14-18-4-3-5-20(12-18)29-8-1-2-9-29/h3-5,12-13,15H,1-2,6-11,14,16-17H2. The summed E-state index contributed by atoms with van der Waals surface area (Å²) in [4.78, 5) is 19.2. The number of alkyl halides is 3. The Labute approximate surface area is 185 Å². The lowest BCUT2D eigenvalue weighted by molar-refractivity contribution is -0.137. The Bertz CT molecular complexity index is 984. The van der Waals surface area contributed by atoms with Crippen LogP contribution in [-0.4, -0.2) is 64.9 Å². The van der Waals surface area contributed by atoms with Crippen molar-refractivity contribution in [3.8, 4) is 0 Å².